The molecule has 12 aromatic rings. The smallest absolute Gasteiger partial charge is 0.00137 e. The minimum absolute atomic E-state index is 1.22. The largest absolute Gasteiger partial charge is 0.0622 e. The van der Waals surface area contributed by atoms with Crippen molar-refractivity contribution in [2.45, 2.75) is 0 Å². The van der Waals surface area contributed by atoms with E-state index in [1.54, 1.807) is 0 Å². The molecule has 0 atom stereocenters. The highest BCUT2D eigenvalue weighted by molar-refractivity contribution is 6.40. The molecular weight excluding hydrogens is 697 g/mol. The Morgan fingerprint density at radius 2 is 0.534 bits per heavy atom. The van der Waals surface area contributed by atoms with Crippen LogP contribution in [0.1, 0.15) is 0 Å². The SMILES string of the molecule is c1ccc(-c2ccc3ccccc3c2-c2ccc3c4ccccc4c4c5cc(-c6c(-c7ccccc7)ccc7ccccc67)ccc5c5ccccc5c4c3c2)cc1. The van der Waals surface area contributed by atoms with Crippen LogP contribution >= 0.6 is 0 Å². The van der Waals surface area contributed by atoms with E-state index in [0.29, 0.717) is 0 Å². The highest BCUT2D eigenvalue weighted by Gasteiger charge is 2.20. The van der Waals surface area contributed by atoms with Crippen molar-refractivity contribution in [1.82, 2.24) is 0 Å². The van der Waals surface area contributed by atoms with Gasteiger partial charge in [-0.3, -0.25) is 0 Å². The molecule has 0 heterocycles. The first-order valence-corrected chi connectivity index (χ1v) is 20.2. The Labute approximate surface area is 336 Å². The predicted molar refractivity (Wildman–Crippen MR) is 251 cm³/mol. The van der Waals surface area contributed by atoms with E-state index in [4.69, 9.17) is 0 Å². The summed E-state index contributed by atoms with van der Waals surface area (Å²) < 4.78 is 0. The lowest BCUT2D eigenvalue weighted by Crippen LogP contribution is -1.92. The van der Waals surface area contributed by atoms with E-state index in [0.717, 1.165) is 0 Å². The minimum Gasteiger partial charge on any atom is -0.0622 e. The second kappa shape index (κ2) is 13.0. The number of fused-ring (bicyclic) bond motifs is 13. The van der Waals surface area contributed by atoms with Crippen molar-refractivity contribution >= 4 is 75.4 Å². The maximum absolute atomic E-state index is 2.48. The third-order valence-electron chi connectivity index (χ3n) is 12.4. The summed E-state index contributed by atoms with van der Waals surface area (Å²) in [5.41, 5.74) is 9.91. The second-order valence-corrected chi connectivity index (χ2v) is 15.5. The lowest BCUT2D eigenvalue weighted by molar-refractivity contribution is 1.62. The van der Waals surface area contributed by atoms with Gasteiger partial charge in [-0.05, 0) is 132 Å². The van der Waals surface area contributed by atoms with Gasteiger partial charge >= 0.3 is 0 Å². The fraction of sp³-hybridized carbons (Fsp3) is 0. The monoisotopic (exact) mass is 732 g/mol. The van der Waals surface area contributed by atoms with Gasteiger partial charge < -0.3 is 0 Å². The van der Waals surface area contributed by atoms with E-state index in [-0.39, 0.29) is 0 Å². The van der Waals surface area contributed by atoms with Crippen molar-refractivity contribution in [2.75, 3.05) is 0 Å². The van der Waals surface area contributed by atoms with Crippen LogP contribution in [0.4, 0.5) is 0 Å². The van der Waals surface area contributed by atoms with E-state index in [2.05, 4.69) is 218 Å². The quantitative estimate of drug-likeness (QED) is 0.158. The van der Waals surface area contributed by atoms with E-state index >= 15 is 0 Å². The summed E-state index contributed by atoms with van der Waals surface area (Å²) in [6, 6.07) is 80.9. The Hall–Kier alpha value is -7.54. The highest BCUT2D eigenvalue weighted by atomic mass is 14.2. The molecule has 0 unspecified atom stereocenters. The summed E-state index contributed by atoms with van der Waals surface area (Å²) in [5.74, 6) is 0. The summed E-state index contributed by atoms with van der Waals surface area (Å²) in [6.45, 7) is 0. The molecule has 0 saturated carbocycles. The number of rotatable bonds is 4. The van der Waals surface area contributed by atoms with Crippen LogP contribution in [0.5, 0.6) is 0 Å². The van der Waals surface area contributed by atoms with Crippen LogP contribution in [0.2, 0.25) is 0 Å². The van der Waals surface area contributed by atoms with Crippen LogP contribution in [-0.4, -0.2) is 0 Å². The molecule has 0 nitrogen and oxygen atoms in total. The molecule has 0 amide bonds. The maximum atomic E-state index is 2.48. The Bertz CT molecular complexity index is 3350. The zero-order valence-electron chi connectivity index (χ0n) is 31.8. The molecule has 0 bridgehead atoms. The van der Waals surface area contributed by atoms with E-state index in [1.807, 2.05) is 0 Å². The van der Waals surface area contributed by atoms with Crippen molar-refractivity contribution < 1.29 is 0 Å². The topological polar surface area (TPSA) is 0 Å². The van der Waals surface area contributed by atoms with Gasteiger partial charge in [-0.2, -0.15) is 0 Å². The summed E-state index contributed by atoms with van der Waals surface area (Å²) in [4.78, 5) is 0. The van der Waals surface area contributed by atoms with Gasteiger partial charge in [0.05, 0.1) is 0 Å². The summed E-state index contributed by atoms with van der Waals surface area (Å²) in [7, 11) is 0. The van der Waals surface area contributed by atoms with Gasteiger partial charge in [-0.15, -0.1) is 0 Å². The molecule has 0 aromatic heterocycles. The van der Waals surface area contributed by atoms with Crippen LogP contribution in [0.15, 0.2) is 218 Å². The average Bonchev–Trinajstić information content (AvgIpc) is 3.30. The Morgan fingerprint density at radius 3 is 0.966 bits per heavy atom. The molecule has 0 N–H and O–H groups in total. The standard InChI is InChI=1S/C58H36/c1-3-15-37(16-4-1)45-31-27-39-19-7-9-21-43(39)55(45)41-29-33-49-47-23-11-14-26-52(47)58-54-36-42(30-34-50(54)48-24-12-13-25-51(48)57(58)53(49)35-41)56-44-22-10-8-20-40(44)28-32-46(56)38-17-5-2-6-18-38/h1-36H. The fourth-order valence-electron chi connectivity index (χ4n) is 9.87. The van der Waals surface area contributed by atoms with Gasteiger partial charge in [0.25, 0.3) is 0 Å². The van der Waals surface area contributed by atoms with E-state index < -0.39 is 0 Å². The van der Waals surface area contributed by atoms with E-state index in [9.17, 15) is 0 Å². The molecule has 268 valence electrons. The molecule has 0 aliphatic heterocycles. The summed E-state index contributed by atoms with van der Waals surface area (Å²) in [6.07, 6.45) is 0. The maximum Gasteiger partial charge on any atom is -0.00137 e. The molecule has 0 aliphatic rings. The third kappa shape index (κ3) is 4.95. The molecule has 0 aliphatic carbocycles. The molecule has 0 saturated heterocycles. The molecule has 12 aromatic carbocycles. The summed E-state index contributed by atoms with van der Waals surface area (Å²) in [5, 5.41) is 17.8. The second-order valence-electron chi connectivity index (χ2n) is 15.5. The summed E-state index contributed by atoms with van der Waals surface area (Å²) >= 11 is 0. The van der Waals surface area contributed by atoms with Crippen molar-refractivity contribution in [3.05, 3.63) is 218 Å². The molecule has 0 fully saturated rings. The molecular formula is C58H36. The van der Waals surface area contributed by atoms with Crippen molar-refractivity contribution in [1.29, 1.82) is 0 Å². The first-order valence-electron chi connectivity index (χ1n) is 20.2. The first kappa shape index (κ1) is 32.7. The van der Waals surface area contributed by atoms with Gasteiger partial charge in [0, 0.05) is 0 Å². The van der Waals surface area contributed by atoms with Crippen molar-refractivity contribution in [3.8, 4) is 44.5 Å². The van der Waals surface area contributed by atoms with Crippen molar-refractivity contribution in [3.63, 3.8) is 0 Å². The van der Waals surface area contributed by atoms with Crippen LogP contribution in [0.25, 0.3) is 120 Å². The van der Waals surface area contributed by atoms with Crippen LogP contribution in [0.3, 0.4) is 0 Å². The van der Waals surface area contributed by atoms with Crippen LogP contribution in [0, 0.1) is 0 Å². The van der Waals surface area contributed by atoms with E-state index in [1.165, 1.54) is 120 Å². The Balaban J connectivity index is 1.24. The molecule has 58 heavy (non-hydrogen) atoms. The lowest BCUT2D eigenvalue weighted by Gasteiger charge is -2.20. The molecule has 12 rings (SSSR count). The van der Waals surface area contributed by atoms with Crippen LogP contribution in [-0.2, 0) is 0 Å². The predicted octanol–water partition coefficient (Wildman–Crippen LogP) is 16.4. The van der Waals surface area contributed by atoms with Crippen molar-refractivity contribution in [2.24, 2.45) is 0 Å². The number of benzene rings is 12. The normalized spacial score (nSPS) is 11.8. The number of hydrogen-bond acceptors (Lipinski definition) is 0. The Morgan fingerprint density at radius 1 is 0.190 bits per heavy atom. The third-order valence-corrected chi connectivity index (χ3v) is 12.4. The van der Waals surface area contributed by atoms with Gasteiger partial charge in [-0.1, -0.05) is 206 Å². The highest BCUT2D eigenvalue weighted by Crippen LogP contribution is 2.48. The molecule has 0 heteroatoms. The van der Waals surface area contributed by atoms with Gasteiger partial charge in [0.2, 0.25) is 0 Å². The van der Waals surface area contributed by atoms with Gasteiger partial charge in [-0.25, -0.2) is 0 Å². The van der Waals surface area contributed by atoms with Crippen LogP contribution < -0.4 is 0 Å². The fourth-order valence-corrected chi connectivity index (χ4v) is 9.87. The first-order chi connectivity index (χ1) is 28.8. The minimum atomic E-state index is 1.22. The zero-order chi connectivity index (χ0) is 38.2. The Kier molecular flexibility index (Phi) is 7.33. The lowest BCUT2D eigenvalue weighted by atomic mass is 9.83. The molecule has 0 radical (unpaired) electrons. The molecule has 0 spiro atoms. The van der Waals surface area contributed by atoms with Gasteiger partial charge in [0.15, 0.2) is 0 Å². The zero-order valence-corrected chi connectivity index (χ0v) is 31.8. The van der Waals surface area contributed by atoms with Gasteiger partial charge in [0.1, 0.15) is 0 Å². The number of hydrogen-bond donors (Lipinski definition) is 0. The average molecular weight is 733 g/mol.